The molecule has 0 bridgehead atoms. The number of ether oxygens (including phenoxy) is 1. The average molecular weight is 163 g/mol. The molecule has 0 aliphatic carbocycles. The van der Waals surface area contributed by atoms with E-state index in [9.17, 15) is 0 Å². The molecule has 0 rings (SSSR count). The summed E-state index contributed by atoms with van der Waals surface area (Å²) in [5.74, 6) is 0.615. The minimum absolute atomic E-state index is 0. The van der Waals surface area contributed by atoms with Crippen LogP contribution in [0.1, 0.15) is 35.6 Å². The first-order chi connectivity index (χ1) is 4.13. The molecule has 2 nitrogen and oxygen atoms in total. The number of hydrogen-bond acceptors (Lipinski definition) is 2. The molecule has 0 amide bonds. The molecule has 0 saturated heterocycles. The van der Waals surface area contributed by atoms with Crippen molar-refractivity contribution in [2.75, 3.05) is 13.2 Å². The zero-order valence-electron chi connectivity index (χ0n) is 6.55. The summed E-state index contributed by atoms with van der Waals surface area (Å²) < 4.78 is 5.23. The molecule has 0 aliphatic heterocycles. The lowest BCUT2D eigenvalue weighted by Gasteiger charge is -2.08. The number of hydrogen-bond donors (Lipinski definition) is 1. The number of rotatable bonds is 4. The van der Waals surface area contributed by atoms with E-state index < -0.39 is 0 Å². The van der Waals surface area contributed by atoms with Gasteiger partial charge < -0.3 is 10.5 Å². The Morgan fingerprint density at radius 3 is 1.82 bits per heavy atom. The second kappa shape index (κ2) is 9.92. The Kier molecular flexibility index (Phi) is 15.4. The molecule has 1 unspecified atom stereocenters. The summed E-state index contributed by atoms with van der Waals surface area (Å²) in [6.45, 7) is 7.70. The fourth-order valence-electron chi connectivity index (χ4n) is 0.490. The highest BCUT2D eigenvalue weighted by molar-refractivity contribution is 4.49. The first-order valence-electron chi connectivity index (χ1n) is 3.46. The van der Waals surface area contributed by atoms with Crippen LogP contribution in [0.4, 0.5) is 0 Å². The lowest BCUT2D eigenvalue weighted by molar-refractivity contribution is 0.101. The van der Waals surface area contributed by atoms with Crippen LogP contribution < -0.4 is 5.73 Å². The Morgan fingerprint density at radius 1 is 1.09 bits per heavy atom. The first-order valence-corrected chi connectivity index (χ1v) is 3.46. The van der Waals surface area contributed by atoms with Crippen molar-refractivity contribution >= 4 is 0 Å². The fraction of sp³-hybridized carbons (Fsp3) is 1.00. The van der Waals surface area contributed by atoms with E-state index in [0.29, 0.717) is 12.5 Å². The molecule has 0 spiro atoms. The van der Waals surface area contributed by atoms with Crippen molar-refractivity contribution in [3.63, 3.8) is 0 Å². The maximum Gasteiger partial charge on any atom is 0.0614 e. The van der Waals surface area contributed by atoms with E-state index in [2.05, 4.69) is 13.8 Å². The van der Waals surface area contributed by atoms with E-state index in [4.69, 9.17) is 10.5 Å². The number of nitrogens with two attached hydrogens (primary N) is 1. The molecule has 0 saturated carbocycles. The SMILES string of the molecule is C.C.CC(C)COCC(C)N. The third-order valence-electron chi connectivity index (χ3n) is 0.832. The van der Waals surface area contributed by atoms with E-state index in [1.165, 1.54) is 0 Å². The summed E-state index contributed by atoms with van der Waals surface area (Å²) in [6.07, 6.45) is 0. The smallest absolute Gasteiger partial charge is 0.0614 e. The van der Waals surface area contributed by atoms with Crippen LogP contribution in [-0.4, -0.2) is 19.3 Å². The molecule has 2 N–H and O–H groups in total. The largest absolute Gasteiger partial charge is 0.380 e. The van der Waals surface area contributed by atoms with Crippen LogP contribution in [0.25, 0.3) is 0 Å². The van der Waals surface area contributed by atoms with Crippen LogP contribution >= 0.6 is 0 Å². The molecule has 0 aromatic heterocycles. The normalized spacial score (nSPS) is 11.7. The van der Waals surface area contributed by atoms with Gasteiger partial charge in [0.15, 0.2) is 0 Å². The van der Waals surface area contributed by atoms with Crippen LogP contribution in [0.3, 0.4) is 0 Å². The van der Waals surface area contributed by atoms with Gasteiger partial charge >= 0.3 is 0 Å². The quantitative estimate of drug-likeness (QED) is 0.690. The van der Waals surface area contributed by atoms with Gasteiger partial charge in [0.25, 0.3) is 0 Å². The van der Waals surface area contributed by atoms with Gasteiger partial charge in [-0.1, -0.05) is 28.7 Å². The molecule has 0 fully saturated rings. The summed E-state index contributed by atoms with van der Waals surface area (Å²) >= 11 is 0. The van der Waals surface area contributed by atoms with E-state index in [1.54, 1.807) is 0 Å². The van der Waals surface area contributed by atoms with Crippen LogP contribution in [0.15, 0.2) is 0 Å². The van der Waals surface area contributed by atoms with Gasteiger partial charge in [-0.2, -0.15) is 0 Å². The Labute approximate surface area is 72.1 Å². The van der Waals surface area contributed by atoms with E-state index >= 15 is 0 Å². The molecule has 0 heterocycles. The van der Waals surface area contributed by atoms with Gasteiger partial charge in [-0.3, -0.25) is 0 Å². The summed E-state index contributed by atoms with van der Waals surface area (Å²) in [6, 6.07) is 0.170. The zero-order valence-corrected chi connectivity index (χ0v) is 6.55. The summed E-state index contributed by atoms with van der Waals surface area (Å²) in [5.41, 5.74) is 5.45. The highest BCUT2D eigenvalue weighted by atomic mass is 16.5. The van der Waals surface area contributed by atoms with Gasteiger partial charge in [-0.25, -0.2) is 0 Å². The minimum atomic E-state index is 0. The molecule has 1 atom stereocenters. The van der Waals surface area contributed by atoms with Crippen molar-refractivity contribution < 1.29 is 4.74 Å². The Hall–Kier alpha value is -0.0800. The minimum Gasteiger partial charge on any atom is -0.380 e. The summed E-state index contributed by atoms with van der Waals surface area (Å²) in [4.78, 5) is 0. The maximum absolute atomic E-state index is 5.45. The highest BCUT2D eigenvalue weighted by Crippen LogP contribution is 1.92. The van der Waals surface area contributed by atoms with Crippen molar-refractivity contribution in [1.82, 2.24) is 0 Å². The molecular formula is C9H25NO. The summed E-state index contributed by atoms with van der Waals surface area (Å²) in [5, 5.41) is 0. The third kappa shape index (κ3) is 17.8. The van der Waals surface area contributed by atoms with E-state index in [1.807, 2.05) is 6.92 Å². The van der Waals surface area contributed by atoms with Crippen molar-refractivity contribution in [3.05, 3.63) is 0 Å². The van der Waals surface area contributed by atoms with Crippen molar-refractivity contribution in [2.45, 2.75) is 41.7 Å². The van der Waals surface area contributed by atoms with Crippen LogP contribution in [0.5, 0.6) is 0 Å². The monoisotopic (exact) mass is 163 g/mol. The van der Waals surface area contributed by atoms with Gasteiger partial charge in [-0.05, 0) is 12.8 Å². The van der Waals surface area contributed by atoms with Gasteiger partial charge in [0, 0.05) is 12.6 Å². The van der Waals surface area contributed by atoms with Gasteiger partial charge in [0.05, 0.1) is 6.61 Å². The molecular weight excluding hydrogens is 138 g/mol. The lowest BCUT2D eigenvalue weighted by atomic mass is 10.2. The third-order valence-corrected chi connectivity index (χ3v) is 0.832. The van der Waals surface area contributed by atoms with Crippen molar-refractivity contribution in [3.8, 4) is 0 Å². The van der Waals surface area contributed by atoms with Gasteiger partial charge in [0.1, 0.15) is 0 Å². The van der Waals surface area contributed by atoms with Crippen molar-refractivity contribution in [1.29, 1.82) is 0 Å². The molecule has 11 heavy (non-hydrogen) atoms. The summed E-state index contributed by atoms with van der Waals surface area (Å²) in [7, 11) is 0. The molecule has 2 heteroatoms. The lowest BCUT2D eigenvalue weighted by Crippen LogP contribution is -2.22. The standard InChI is InChI=1S/C7H17NO.2CH4/c1-6(2)4-9-5-7(3)8;;/h6-7H,4-5,8H2,1-3H3;2*1H4. The average Bonchev–Trinajstić information content (AvgIpc) is 1.63. The first kappa shape index (κ1) is 17.1. The van der Waals surface area contributed by atoms with Gasteiger partial charge in [0.2, 0.25) is 0 Å². The second-order valence-corrected chi connectivity index (χ2v) is 2.91. The van der Waals surface area contributed by atoms with Crippen LogP contribution in [0.2, 0.25) is 0 Å². The highest BCUT2D eigenvalue weighted by Gasteiger charge is 1.95. The van der Waals surface area contributed by atoms with Crippen molar-refractivity contribution in [2.24, 2.45) is 11.7 Å². The predicted molar refractivity (Wildman–Crippen MR) is 52.8 cm³/mol. The molecule has 72 valence electrons. The second-order valence-electron chi connectivity index (χ2n) is 2.91. The van der Waals surface area contributed by atoms with E-state index in [-0.39, 0.29) is 20.9 Å². The van der Waals surface area contributed by atoms with Gasteiger partial charge in [-0.15, -0.1) is 0 Å². The Morgan fingerprint density at radius 2 is 1.55 bits per heavy atom. The Balaban J connectivity index is -0.000000320. The zero-order chi connectivity index (χ0) is 7.28. The molecule has 0 radical (unpaired) electrons. The Bertz CT molecular complexity index is 54.6. The molecule has 0 aromatic rings. The fourth-order valence-corrected chi connectivity index (χ4v) is 0.490. The topological polar surface area (TPSA) is 35.2 Å². The van der Waals surface area contributed by atoms with Crippen LogP contribution in [0, 0.1) is 5.92 Å². The molecule has 0 aliphatic rings. The maximum atomic E-state index is 5.45. The van der Waals surface area contributed by atoms with Crippen LogP contribution in [-0.2, 0) is 4.74 Å². The predicted octanol–water partition coefficient (Wildman–Crippen LogP) is 2.28. The van der Waals surface area contributed by atoms with E-state index in [0.717, 1.165) is 6.61 Å². The molecule has 0 aromatic carbocycles.